The van der Waals surface area contributed by atoms with Crippen LogP contribution >= 0.6 is 7.26 Å². The number of hydrogen-bond acceptors (Lipinski definition) is 1. The summed E-state index contributed by atoms with van der Waals surface area (Å²) in [5.41, 5.74) is 0.746. The van der Waals surface area contributed by atoms with Gasteiger partial charge in [0.2, 0.25) is 0 Å². The summed E-state index contributed by atoms with van der Waals surface area (Å²) in [5.74, 6) is 0.0922. The Hall–Kier alpha value is -2.29. The highest BCUT2D eigenvalue weighted by Crippen LogP contribution is 2.54. The SMILES string of the molecule is CC(=O)c1ccc([P+](c2ccccc2)(c2ccccc2)c2ccccc2)cc1.[I-]. The second-order valence-electron chi connectivity index (χ2n) is 6.78. The Bertz CT molecular complexity index is 965. The molecule has 0 aliphatic heterocycles. The Morgan fingerprint density at radius 2 is 0.828 bits per heavy atom. The van der Waals surface area contributed by atoms with Gasteiger partial charge in [-0.25, -0.2) is 0 Å². The summed E-state index contributed by atoms with van der Waals surface area (Å²) in [6.45, 7) is 1.61. The molecule has 0 spiro atoms. The van der Waals surface area contributed by atoms with E-state index in [1.807, 2.05) is 12.1 Å². The van der Waals surface area contributed by atoms with Crippen molar-refractivity contribution in [3.63, 3.8) is 0 Å². The van der Waals surface area contributed by atoms with Crippen LogP contribution < -0.4 is 45.2 Å². The van der Waals surface area contributed by atoms with Gasteiger partial charge in [0.15, 0.2) is 5.78 Å². The van der Waals surface area contributed by atoms with Crippen molar-refractivity contribution in [2.75, 3.05) is 0 Å². The predicted octanol–water partition coefficient (Wildman–Crippen LogP) is 1.51. The summed E-state index contributed by atoms with van der Waals surface area (Å²) >= 11 is 0. The van der Waals surface area contributed by atoms with Crippen LogP contribution in [0.25, 0.3) is 0 Å². The lowest BCUT2D eigenvalue weighted by atomic mass is 10.2. The molecule has 3 heteroatoms. The first-order valence-corrected chi connectivity index (χ1v) is 11.2. The minimum absolute atomic E-state index is 0. The van der Waals surface area contributed by atoms with Crippen molar-refractivity contribution in [3.8, 4) is 0 Å². The summed E-state index contributed by atoms with van der Waals surface area (Å²) < 4.78 is 0. The predicted molar refractivity (Wildman–Crippen MR) is 121 cm³/mol. The number of Topliss-reactive ketones (excluding diaryl/α,β-unsaturated/α-hetero) is 1. The first-order valence-electron chi connectivity index (χ1n) is 9.40. The molecule has 0 aliphatic rings. The number of carbonyl (C=O) groups is 1. The molecule has 0 saturated carbocycles. The molecule has 4 aromatic carbocycles. The van der Waals surface area contributed by atoms with Gasteiger partial charge >= 0.3 is 0 Å². The van der Waals surface area contributed by atoms with Crippen molar-refractivity contribution in [2.45, 2.75) is 6.92 Å². The van der Waals surface area contributed by atoms with Gasteiger partial charge < -0.3 is 24.0 Å². The van der Waals surface area contributed by atoms with E-state index in [2.05, 4.69) is 103 Å². The van der Waals surface area contributed by atoms with Gasteiger partial charge in [-0.1, -0.05) is 54.6 Å². The fourth-order valence-corrected chi connectivity index (χ4v) is 8.01. The highest BCUT2D eigenvalue weighted by molar-refractivity contribution is 8.01. The van der Waals surface area contributed by atoms with Gasteiger partial charge in [0.05, 0.1) is 0 Å². The molecule has 29 heavy (non-hydrogen) atoms. The smallest absolute Gasteiger partial charge is 0.159 e. The van der Waals surface area contributed by atoms with Crippen molar-refractivity contribution in [1.82, 2.24) is 0 Å². The van der Waals surface area contributed by atoms with Gasteiger partial charge in [0, 0.05) is 5.56 Å². The van der Waals surface area contributed by atoms with E-state index in [1.54, 1.807) is 6.92 Å². The molecule has 0 N–H and O–H groups in total. The van der Waals surface area contributed by atoms with E-state index < -0.39 is 7.26 Å². The molecule has 4 rings (SSSR count). The third kappa shape index (κ3) is 4.05. The van der Waals surface area contributed by atoms with Crippen LogP contribution in [0.4, 0.5) is 0 Å². The highest BCUT2D eigenvalue weighted by Gasteiger charge is 2.47. The molecule has 0 fully saturated rings. The summed E-state index contributed by atoms with van der Waals surface area (Å²) in [5, 5.41) is 5.18. The van der Waals surface area contributed by atoms with Crippen LogP contribution in [0.15, 0.2) is 115 Å². The number of carbonyl (C=O) groups excluding carboxylic acids is 1. The summed E-state index contributed by atoms with van der Waals surface area (Å²) in [4.78, 5) is 11.8. The van der Waals surface area contributed by atoms with Crippen LogP contribution in [0.1, 0.15) is 17.3 Å². The van der Waals surface area contributed by atoms with Gasteiger partial charge in [0.25, 0.3) is 0 Å². The van der Waals surface area contributed by atoms with Crippen molar-refractivity contribution >= 4 is 34.3 Å². The molecule has 0 saturated heterocycles. The van der Waals surface area contributed by atoms with E-state index in [1.165, 1.54) is 21.2 Å². The Morgan fingerprint density at radius 3 is 1.14 bits per heavy atom. The summed E-state index contributed by atoms with van der Waals surface area (Å²) in [7, 11) is -2.07. The fourth-order valence-electron chi connectivity index (χ4n) is 3.77. The largest absolute Gasteiger partial charge is 1.00 e. The molecule has 144 valence electrons. The lowest BCUT2D eigenvalue weighted by Crippen LogP contribution is -3.00. The zero-order valence-corrected chi connectivity index (χ0v) is 19.3. The van der Waals surface area contributed by atoms with E-state index in [0.717, 1.165) is 5.56 Å². The molecule has 0 atom stereocenters. The van der Waals surface area contributed by atoms with Gasteiger partial charge in [-0.05, 0) is 67.6 Å². The maximum atomic E-state index is 11.8. The van der Waals surface area contributed by atoms with Gasteiger partial charge in [0.1, 0.15) is 28.5 Å². The van der Waals surface area contributed by atoms with Crippen LogP contribution in [-0.4, -0.2) is 5.78 Å². The number of benzene rings is 4. The Kier molecular flexibility index (Phi) is 7.00. The molecular formula is C26H22IOP. The van der Waals surface area contributed by atoms with Crippen LogP contribution in [0.5, 0.6) is 0 Å². The number of hydrogen-bond donors (Lipinski definition) is 0. The maximum Gasteiger partial charge on any atom is 0.159 e. The minimum atomic E-state index is -2.07. The van der Waals surface area contributed by atoms with Crippen molar-refractivity contribution in [1.29, 1.82) is 0 Å². The standard InChI is InChI=1S/C26H22OP.HI/c1-21(27)22-17-19-26(20-18-22)28(23-11-5-2-6-12-23,24-13-7-3-8-14-24)25-15-9-4-10-16-25;/h2-20H,1H3;1H/q+1;/p-1. The molecule has 0 radical (unpaired) electrons. The lowest BCUT2D eigenvalue weighted by molar-refractivity contribution is -0.0000134. The normalized spacial score (nSPS) is 10.8. The zero-order valence-electron chi connectivity index (χ0n) is 16.2. The van der Waals surface area contributed by atoms with Crippen molar-refractivity contribution < 1.29 is 28.8 Å². The first-order chi connectivity index (χ1) is 13.7. The molecular weight excluding hydrogens is 486 g/mol. The van der Waals surface area contributed by atoms with E-state index in [0.29, 0.717) is 0 Å². The van der Waals surface area contributed by atoms with E-state index in [-0.39, 0.29) is 29.8 Å². The number of rotatable bonds is 5. The third-order valence-corrected chi connectivity index (χ3v) is 9.38. The molecule has 0 bridgehead atoms. The van der Waals surface area contributed by atoms with E-state index >= 15 is 0 Å². The summed E-state index contributed by atoms with van der Waals surface area (Å²) in [6.07, 6.45) is 0. The Labute approximate surface area is 190 Å². The average Bonchev–Trinajstić information content (AvgIpc) is 2.77. The Balaban J connectivity index is 0.00000240. The van der Waals surface area contributed by atoms with Gasteiger partial charge in [-0.3, -0.25) is 4.79 Å². The molecule has 0 aromatic heterocycles. The van der Waals surface area contributed by atoms with Crippen molar-refractivity contribution in [3.05, 3.63) is 121 Å². The second kappa shape index (κ2) is 9.47. The zero-order chi connectivity index (χ0) is 19.4. The lowest BCUT2D eigenvalue weighted by Gasteiger charge is -2.27. The van der Waals surface area contributed by atoms with Crippen LogP contribution in [-0.2, 0) is 0 Å². The molecule has 1 nitrogen and oxygen atoms in total. The van der Waals surface area contributed by atoms with Gasteiger partial charge in [-0.2, -0.15) is 0 Å². The van der Waals surface area contributed by atoms with E-state index in [4.69, 9.17) is 0 Å². The molecule has 0 heterocycles. The van der Waals surface area contributed by atoms with E-state index in [9.17, 15) is 4.79 Å². The first kappa shape index (κ1) is 21.4. The molecule has 0 unspecified atom stereocenters. The fraction of sp³-hybridized carbons (Fsp3) is 0.0385. The number of halogens is 1. The number of ketones is 1. The highest BCUT2D eigenvalue weighted by atomic mass is 127. The molecule has 4 aromatic rings. The maximum absolute atomic E-state index is 11.8. The monoisotopic (exact) mass is 508 g/mol. The summed E-state index contributed by atoms with van der Waals surface area (Å²) in [6, 6.07) is 40.4. The second-order valence-corrected chi connectivity index (χ2v) is 10.2. The molecule has 0 aliphatic carbocycles. The average molecular weight is 508 g/mol. The topological polar surface area (TPSA) is 17.1 Å². The van der Waals surface area contributed by atoms with Crippen LogP contribution in [0.2, 0.25) is 0 Å². The third-order valence-electron chi connectivity index (χ3n) is 5.09. The quantitative estimate of drug-likeness (QED) is 0.227. The van der Waals surface area contributed by atoms with Crippen LogP contribution in [0, 0.1) is 0 Å². The van der Waals surface area contributed by atoms with Crippen molar-refractivity contribution in [2.24, 2.45) is 0 Å². The van der Waals surface area contributed by atoms with Gasteiger partial charge in [-0.15, -0.1) is 0 Å². The molecule has 0 amide bonds. The minimum Gasteiger partial charge on any atom is -1.00 e. The Morgan fingerprint density at radius 1 is 0.517 bits per heavy atom. The van der Waals surface area contributed by atoms with Crippen LogP contribution in [0.3, 0.4) is 0 Å².